The Labute approximate surface area is 317 Å². The molecule has 0 unspecified atom stereocenters. The highest BCUT2D eigenvalue weighted by atomic mass is 16.7. The fraction of sp³-hybridized carbons (Fsp3) is 0.196. The molecule has 0 bridgehead atoms. The van der Waals surface area contributed by atoms with Crippen molar-refractivity contribution in [2.45, 2.75) is 45.1 Å². The molecule has 0 radical (unpaired) electrons. The summed E-state index contributed by atoms with van der Waals surface area (Å²) in [4.78, 5) is 15.4. The lowest BCUT2D eigenvalue weighted by molar-refractivity contribution is -0.276. The number of ether oxygens (including phenoxy) is 3. The Morgan fingerprint density at radius 2 is 1.11 bits per heavy atom. The second-order valence-electron chi connectivity index (χ2n) is 13.6. The number of benzene rings is 6. The normalized spacial score (nSPS) is 18.2. The molecule has 1 aliphatic rings. The lowest BCUT2D eigenvalue weighted by Crippen LogP contribution is -2.44. The fourth-order valence-electron chi connectivity index (χ4n) is 6.70. The molecular formula is C46H45N3O5. The number of para-hydroxylation sites is 1. The van der Waals surface area contributed by atoms with Gasteiger partial charge in [0, 0.05) is 42.5 Å². The van der Waals surface area contributed by atoms with Crippen LogP contribution in [0.2, 0.25) is 0 Å². The topological polar surface area (TPSA) is 92.3 Å². The maximum atomic E-state index is 12.9. The van der Waals surface area contributed by atoms with Crippen LogP contribution in [-0.2, 0) is 29.2 Å². The highest BCUT2D eigenvalue weighted by Crippen LogP contribution is 2.42. The molecule has 0 saturated carbocycles. The molecule has 54 heavy (non-hydrogen) atoms. The van der Waals surface area contributed by atoms with Crippen LogP contribution in [0, 0.1) is 5.92 Å². The van der Waals surface area contributed by atoms with Gasteiger partial charge in [0.05, 0.1) is 18.8 Å². The van der Waals surface area contributed by atoms with E-state index in [1.807, 2.05) is 103 Å². The summed E-state index contributed by atoms with van der Waals surface area (Å²) in [6.45, 7) is 4.41. The van der Waals surface area contributed by atoms with Crippen molar-refractivity contribution in [1.82, 2.24) is 4.90 Å². The number of anilines is 2. The van der Waals surface area contributed by atoms with Crippen molar-refractivity contribution in [1.29, 1.82) is 0 Å². The van der Waals surface area contributed by atoms with E-state index in [1.54, 1.807) is 12.1 Å². The van der Waals surface area contributed by atoms with E-state index < -0.39 is 6.29 Å². The Hall–Kier alpha value is -5.77. The van der Waals surface area contributed by atoms with E-state index in [4.69, 9.17) is 14.2 Å². The number of urea groups is 1. The van der Waals surface area contributed by atoms with E-state index >= 15 is 0 Å². The van der Waals surface area contributed by atoms with Gasteiger partial charge in [-0.2, -0.15) is 0 Å². The molecule has 3 N–H and O–H groups in total. The van der Waals surface area contributed by atoms with Crippen molar-refractivity contribution in [3.8, 4) is 11.5 Å². The predicted molar refractivity (Wildman–Crippen MR) is 212 cm³/mol. The summed E-state index contributed by atoms with van der Waals surface area (Å²) in [6, 6.07) is 53.0. The summed E-state index contributed by atoms with van der Waals surface area (Å²) in [5.41, 5.74) is 6.48. The van der Waals surface area contributed by atoms with Gasteiger partial charge in [-0.15, -0.1) is 0 Å². The summed E-state index contributed by atoms with van der Waals surface area (Å²) in [6.07, 6.45) is -1.04. The smallest absolute Gasteiger partial charge is 0.323 e. The third-order valence-corrected chi connectivity index (χ3v) is 9.59. The average molecular weight is 720 g/mol. The highest BCUT2D eigenvalue weighted by Gasteiger charge is 2.39. The number of carbonyl (C=O) groups is 1. The number of nitrogens with one attached hydrogen (secondary N) is 2. The Morgan fingerprint density at radius 1 is 0.611 bits per heavy atom. The van der Waals surface area contributed by atoms with Crippen molar-refractivity contribution >= 4 is 17.4 Å². The summed E-state index contributed by atoms with van der Waals surface area (Å²) in [5, 5.41) is 15.5. The Balaban J connectivity index is 1.05. The van der Waals surface area contributed by atoms with Gasteiger partial charge in [-0.3, -0.25) is 4.90 Å². The number of carbonyl (C=O) groups excluding carboxylic acids is 1. The number of nitrogens with zero attached hydrogens (tertiary/aromatic N) is 1. The van der Waals surface area contributed by atoms with Crippen LogP contribution in [0.5, 0.6) is 11.5 Å². The molecule has 0 aromatic heterocycles. The van der Waals surface area contributed by atoms with Crippen molar-refractivity contribution in [2.75, 3.05) is 17.2 Å². The van der Waals surface area contributed by atoms with Gasteiger partial charge in [-0.1, -0.05) is 122 Å². The number of hydrogen-bond donors (Lipinski definition) is 3. The Bertz CT molecular complexity index is 2000. The number of aliphatic hydroxyl groups is 1. The Morgan fingerprint density at radius 3 is 1.67 bits per heavy atom. The van der Waals surface area contributed by atoms with Gasteiger partial charge in [0.1, 0.15) is 11.5 Å². The summed E-state index contributed by atoms with van der Waals surface area (Å²) in [7, 11) is 0. The number of aliphatic hydroxyl groups excluding tert-OH is 1. The zero-order valence-corrected chi connectivity index (χ0v) is 30.3. The van der Waals surface area contributed by atoms with Gasteiger partial charge in [0.15, 0.2) is 6.29 Å². The standard InChI is InChI=1S/C46H45N3O5/c1-33-43(31-49(29-34-11-5-2-6-12-34)30-35-13-7-3-8-14-35)53-45(54-44(33)37-19-17-36(32-50)18-20-37)38-21-23-39(24-22-38)47-46(51)48-40-25-27-42(28-26-40)52-41-15-9-4-10-16-41/h2-28,33,43-45,50H,29-32H2,1H3,(H2,47,48,51)/t33-,43+,44+,45+/m1/s1. The van der Waals surface area contributed by atoms with Crippen LogP contribution in [0.3, 0.4) is 0 Å². The minimum atomic E-state index is -0.636. The molecule has 6 aromatic rings. The van der Waals surface area contributed by atoms with E-state index in [9.17, 15) is 9.90 Å². The lowest BCUT2D eigenvalue weighted by Gasteiger charge is -2.43. The first-order chi connectivity index (χ1) is 26.5. The van der Waals surface area contributed by atoms with Gasteiger partial charge < -0.3 is 30.0 Å². The quantitative estimate of drug-likeness (QED) is 0.110. The monoisotopic (exact) mass is 719 g/mol. The van der Waals surface area contributed by atoms with Crippen molar-refractivity contribution < 1.29 is 24.1 Å². The zero-order valence-electron chi connectivity index (χ0n) is 30.3. The number of hydrogen-bond acceptors (Lipinski definition) is 6. The first kappa shape index (κ1) is 36.6. The Kier molecular flexibility index (Phi) is 12.1. The van der Waals surface area contributed by atoms with Crippen LogP contribution in [0.4, 0.5) is 16.2 Å². The van der Waals surface area contributed by atoms with Crippen LogP contribution in [-0.4, -0.2) is 28.7 Å². The maximum Gasteiger partial charge on any atom is 0.323 e. The predicted octanol–water partition coefficient (Wildman–Crippen LogP) is 10.1. The molecule has 6 aromatic carbocycles. The summed E-state index contributed by atoms with van der Waals surface area (Å²) in [5.74, 6) is 1.45. The van der Waals surface area contributed by atoms with E-state index in [2.05, 4.69) is 71.0 Å². The second kappa shape index (κ2) is 17.8. The van der Waals surface area contributed by atoms with E-state index in [0.717, 1.165) is 35.5 Å². The highest BCUT2D eigenvalue weighted by molar-refractivity contribution is 5.99. The first-order valence-electron chi connectivity index (χ1n) is 18.3. The molecule has 274 valence electrons. The molecular weight excluding hydrogens is 675 g/mol. The number of amides is 2. The summed E-state index contributed by atoms with van der Waals surface area (Å²) < 4.78 is 19.4. The van der Waals surface area contributed by atoms with Crippen molar-refractivity contribution in [2.24, 2.45) is 5.92 Å². The molecule has 7 rings (SSSR count). The molecule has 0 aliphatic carbocycles. The van der Waals surface area contributed by atoms with E-state index in [1.165, 1.54) is 11.1 Å². The van der Waals surface area contributed by atoms with Crippen LogP contribution in [0.15, 0.2) is 164 Å². The van der Waals surface area contributed by atoms with Gasteiger partial charge in [0.25, 0.3) is 0 Å². The maximum absolute atomic E-state index is 12.9. The summed E-state index contributed by atoms with van der Waals surface area (Å²) >= 11 is 0. The molecule has 1 fully saturated rings. The van der Waals surface area contributed by atoms with Crippen LogP contribution < -0.4 is 15.4 Å². The van der Waals surface area contributed by atoms with Crippen LogP contribution >= 0.6 is 0 Å². The molecule has 1 aliphatic heterocycles. The lowest BCUT2D eigenvalue weighted by atomic mass is 9.89. The van der Waals surface area contributed by atoms with Gasteiger partial charge in [-0.05, 0) is 70.8 Å². The SMILES string of the molecule is C[C@@H]1[C@H](CN(Cc2ccccc2)Cc2ccccc2)O[C@H](c2ccc(NC(=O)Nc3ccc(Oc4ccccc4)cc3)cc2)O[C@@H]1c1ccc(CO)cc1. The van der Waals surface area contributed by atoms with Crippen molar-refractivity contribution in [3.05, 3.63) is 192 Å². The van der Waals surface area contributed by atoms with Crippen molar-refractivity contribution in [3.63, 3.8) is 0 Å². The third-order valence-electron chi connectivity index (χ3n) is 9.59. The molecule has 8 heteroatoms. The van der Waals surface area contributed by atoms with Crippen LogP contribution in [0.25, 0.3) is 0 Å². The molecule has 8 nitrogen and oxygen atoms in total. The average Bonchev–Trinajstić information content (AvgIpc) is 3.21. The fourth-order valence-corrected chi connectivity index (χ4v) is 6.70. The van der Waals surface area contributed by atoms with Gasteiger partial charge >= 0.3 is 6.03 Å². The van der Waals surface area contributed by atoms with E-state index in [0.29, 0.717) is 23.7 Å². The van der Waals surface area contributed by atoms with E-state index in [-0.39, 0.29) is 30.8 Å². The first-order valence-corrected chi connectivity index (χ1v) is 18.3. The second-order valence-corrected chi connectivity index (χ2v) is 13.6. The molecule has 1 heterocycles. The largest absolute Gasteiger partial charge is 0.457 e. The zero-order chi connectivity index (χ0) is 37.1. The third kappa shape index (κ3) is 9.80. The molecule has 4 atom stereocenters. The molecule has 1 saturated heterocycles. The minimum Gasteiger partial charge on any atom is -0.457 e. The minimum absolute atomic E-state index is 0.0158. The molecule has 0 spiro atoms. The van der Waals surface area contributed by atoms with Gasteiger partial charge in [-0.25, -0.2) is 4.79 Å². The molecule has 2 amide bonds. The number of rotatable bonds is 13. The van der Waals surface area contributed by atoms with Gasteiger partial charge in [0.2, 0.25) is 0 Å². The van der Waals surface area contributed by atoms with Crippen LogP contribution in [0.1, 0.15) is 47.1 Å².